The van der Waals surface area contributed by atoms with Crippen LogP contribution in [0.3, 0.4) is 0 Å². The molecule has 0 spiro atoms. The summed E-state index contributed by atoms with van der Waals surface area (Å²) in [6.07, 6.45) is -8.53. The highest BCUT2D eigenvalue weighted by Gasteiger charge is 2.48. The van der Waals surface area contributed by atoms with E-state index in [1.807, 2.05) is 0 Å². The van der Waals surface area contributed by atoms with Gasteiger partial charge in [-0.3, -0.25) is 0 Å². The number of aliphatic carboxylic acids is 1. The minimum Gasteiger partial charge on any atom is -0.479 e. The van der Waals surface area contributed by atoms with E-state index < -0.39 is 42.3 Å². The van der Waals surface area contributed by atoms with Crippen molar-refractivity contribution in [1.82, 2.24) is 0 Å². The Labute approximate surface area is 146 Å². The first-order chi connectivity index (χ1) is 11.8. The van der Waals surface area contributed by atoms with Gasteiger partial charge in [-0.05, 0) is 24.6 Å². The standard InChI is InChI=1S/C16H16O9.H2O/c1-6-4-10(17)24-9-5-7(2-3-8(6)9)23-16-13(20)11(18)12(19)14(25-16)15(21)22;/h2-5,11-14,16,18-20H,1H3,(H,21,22);1H2. The first-order valence-electron chi connectivity index (χ1n) is 7.41. The Balaban J connectivity index is 0.00000243. The lowest BCUT2D eigenvalue weighted by atomic mass is 9.99. The molecule has 0 saturated carbocycles. The van der Waals surface area contributed by atoms with Crippen LogP contribution in [0.2, 0.25) is 0 Å². The first-order valence-corrected chi connectivity index (χ1v) is 7.41. The van der Waals surface area contributed by atoms with Gasteiger partial charge in [-0.15, -0.1) is 0 Å². The van der Waals surface area contributed by atoms with Gasteiger partial charge in [0.2, 0.25) is 6.29 Å². The number of ether oxygens (including phenoxy) is 2. The molecule has 1 aromatic carbocycles. The average Bonchev–Trinajstić information content (AvgIpc) is 2.54. The zero-order valence-electron chi connectivity index (χ0n) is 13.5. The van der Waals surface area contributed by atoms with Crippen molar-refractivity contribution in [2.75, 3.05) is 0 Å². The molecule has 1 saturated heterocycles. The predicted octanol–water partition coefficient (Wildman–Crippen LogP) is -1.45. The smallest absolute Gasteiger partial charge is 0.336 e. The van der Waals surface area contributed by atoms with Crippen LogP contribution in [0, 0.1) is 6.92 Å². The molecule has 3 rings (SSSR count). The molecule has 2 heterocycles. The summed E-state index contributed by atoms with van der Waals surface area (Å²) in [4.78, 5) is 22.5. The Morgan fingerprint density at radius 3 is 2.46 bits per heavy atom. The molecular weight excluding hydrogens is 352 g/mol. The van der Waals surface area contributed by atoms with Gasteiger partial charge in [0.25, 0.3) is 0 Å². The second-order valence-corrected chi connectivity index (χ2v) is 5.76. The van der Waals surface area contributed by atoms with Gasteiger partial charge in [0.15, 0.2) is 6.10 Å². The highest BCUT2D eigenvalue weighted by Crippen LogP contribution is 2.27. The lowest BCUT2D eigenvalue weighted by molar-refractivity contribution is -0.271. The summed E-state index contributed by atoms with van der Waals surface area (Å²) < 4.78 is 15.5. The van der Waals surface area contributed by atoms with Crippen LogP contribution in [0.25, 0.3) is 11.0 Å². The molecule has 1 aromatic heterocycles. The number of carboxylic acids is 1. The van der Waals surface area contributed by atoms with Crippen LogP contribution in [0.5, 0.6) is 5.75 Å². The average molecular weight is 370 g/mol. The van der Waals surface area contributed by atoms with Crippen LogP contribution in [-0.4, -0.2) is 62.6 Å². The number of carboxylic acid groups (broad SMARTS) is 1. The fraction of sp³-hybridized carbons (Fsp3) is 0.375. The van der Waals surface area contributed by atoms with Crippen LogP contribution in [0.4, 0.5) is 0 Å². The van der Waals surface area contributed by atoms with Crippen LogP contribution in [0.15, 0.2) is 33.5 Å². The number of fused-ring (bicyclic) bond motifs is 1. The van der Waals surface area contributed by atoms with Crippen LogP contribution < -0.4 is 10.4 Å². The summed E-state index contributed by atoms with van der Waals surface area (Å²) in [6.45, 7) is 1.74. The van der Waals surface area contributed by atoms with Gasteiger partial charge in [0.1, 0.15) is 29.6 Å². The molecule has 1 aliphatic rings. The second kappa shape index (κ2) is 7.40. The maximum atomic E-state index is 11.5. The highest BCUT2D eigenvalue weighted by molar-refractivity contribution is 5.81. The Morgan fingerprint density at radius 2 is 1.81 bits per heavy atom. The molecule has 0 aliphatic carbocycles. The van der Waals surface area contributed by atoms with Gasteiger partial charge in [-0.25, -0.2) is 9.59 Å². The Morgan fingerprint density at radius 1 is 1.12 bits per heavy atom. The maximum Gasteiger partial charge on any atom is 0.336 e. The number of aliphatic hydroxyl groups excluding tert-OH is 3. The summed E-state index contributed by atoms with van der Waals surface area (Å²) in [5.74, 6) is -1.38. The lowest BCUT2D eigenvalue weighted by Crippen LogP contribution is -2.61. The van der Waals surface area contributed by atoms with Crippen molar-refractivity contribution >= 4 is 16.9 Å². The molecule has 6 N–H and O–H groups in total. The second-order valence-electron chi connectivity index (χ2n) is 5.76. The molecule has 5 atom stereocenters. The third-order valence-electron chi connectivity index (χ3n) is 3.99. The van der Waals surface area contributed by atoms with E-state index in [0.29, 0.717) is 10.9 Å². The largest absolute Gasteiger partial charge is 0.479 e. The molecule has 1 aliphatic heterocycles. The van der Waals surface area contributed by atoms with Gasteiger partial charge in [-0.1, -0.05) is 0 Å². The van der Waals surface area contributed by atoms with E-state index in [1.165, 1.54) is 18.2 Å². The first kappa shape index (κ1) is 19.8. The van der Waals surface area contributed by atoms with Crippen molar-refractivity contribution in [3.05, 3.63) is 40.2 Å². The van der Waals surface area contributed by atoms with Crippen LogP contribution in [0.1, 0.15) is 5.56 Å². The zero-order chi connectivity index (χ0) is 18.3. The van der Waals surface area contributed by atoms with Crippen molar-refractivity contribution in [3.63, 3.8) is 0 Å². The molecule has 2 aromatic rings. The fourth-order valence-corrected chi connectivity index (χ4v) is 2.66. The molecule has 10 heteroatoms. The molecule has 5 unspecified atom stereocenters. The quantitative estimate of drug-likeness (QED) is 0.470. The summed E-state index contributed by atoms with van der Waals surface area (Å²) >= 11 is 0. The number of aryl methyl sites for hydroxylation is 1. The summed E-state index contributed by atoms with van der Waals surface area (Å²) in [5.41, 5.74) is 0.403. The molecule has 0 amide bonds. The van der Waals surface area contributed by atoms with Gasteiger partial charge >= 0.3 is 11.6 Å². The lowest BCUT2D eigenvalue weighted by Gasteiger charge is -2.38. The van der Waals surface area contributed by atoms with Crippen LogP contribution in [-0.2, 0) is 9.53 Å². The summed E-state index contributed by atoms with van der Waals surface area (Å²) in [5, 5.41) is 39.1. The molecule has 1 fully saturated rings. The molecule has 26 heavy (non-hydrogen) atoms. The Kier molecular flexibility index (Phi) is 5.64. The Bertz CT molecular complexity index is 860. The molecular formula is C16H18O10. The van der Waals surface area contributed by atoms with Gasteiger partial charge < -0.3 is 39.8 Å². The number of aliphatic hydroxyl groups is 3. The van der Waals surface area contributed by atoms with Crippen LogP contribution >= 0.6 is 0 Å². The fourth-order valence-electron chi connectivity index (χ4n) is 2.66. The van der Waals surface area contributed by atoms with Gasteiger partial charge in [0, 0.05) is 17.5 Å². The predicted molar refractivity (Wildman–Crippen MR) is 85.8 cm³/mol. The maximum absolute atomic E-state index is 11.5. The van der Waals surface area contributed by atoms with Gasteiger partial charge in [0.05, 0.1) is 0 Å². The Hall–Kier alpha value is -2.50. The van der Waals surface area contributed by atoms with Gasteiger partial charge in [-0.2, -0.15) is 0 Å². The van der Waals surface area contributed by atoms with Crippen molar-refractivity contribution in [2.45, 2.75) is 37.6 Å². The minimum atomic E-state index is -1.80. The topological polar surface area (TPSA) is 178 Å². The molecule has 0 bridgehead atoms. The third-order valence-corrected chi connectivity index (χ3v) is 3.99. The normalized spacial score (nSPS) is 28.4. The number of hydrogen-bond acceptors (Lipinski definition) is 8. The van der Waals surface area contributed by atoms with Crippen molar-refractivity contribution in [2.24, 2.45) is 0 Å². The van der Waals surface area contributed by atoms with E-state index in [2.05, 4.69) is 0 Å². The van der Waals surface area contributed by atoms with Crippen molar-refractivity contribution in [1.29, 1.82) is 0 Å². The van der Waals surface area contributed by atoms with E-state index in [4.69, 9.17) is 19.0 Å². The number of benzene rings is 1. The molecule has 142 valence electrons. The number of carbonyl (C=O) groups is 1. The highest BCUT2D eigenvalue weighted by atomic mass is 16.7. The monoisotopic (exact) mass is 370 g/mol. The SMILES string of the molecule is Cc1cc(=O)oc2cc(OC3OC(C(=O)O)C(O)C(O)C3O)ccc12.O. The van der Waals surface area contributed by atoms with Crippen molar-refractivity contribution in [3.8, 4) is 5.75 Å². The molecule has 10 nitrogen and oxygen atoms in total. The van der Waals surface area contributed by atoms with E-state index in [9.17, 15) is 24.9 Å². The third kappa shape index (κ3) is 3.54. The van der Waals surface area contributed by atoms with E-state index in [1.54, 1.807) is 13.0 Å². The number of rotatable bonds is 3. The van der Waals surface area contributed by atoms with E-state index >= 15 is 0 Å². The van der Waals surface area contributed by atoms with E-state index in [-0.39, 0.29) is 16.8 Å². The molecule has 0 radical (unpaired) electrons. The minimum absolute atomic E-state index is 0. The van der Waals surface area contributed by atoms with E-state index in [0.717, 1.165) is 0 Å². The number of hydrogen-bond donors (Lipinski definition) is 4. The van der Waals surface area contributed by atoms with Crippen molar-refractivity contribution < 1.29 is 44.6 Å². The summed E-state index contributed by atoms with van der Waals surface area (Å²) in [7, 11) is 0. The zero-order valence-corrected chi connectivity index (χ0v) is 13.5. The summed E-state index contributed by atoms with van der Waals surface area (Å²) in [6, 6.07) is 5.86.